The van der Waals surface area contributed by atoms with Gasteiger partial charge in [0.1, 0.15) is 6.29 Å². The summed E-state index contributed by atoms with van der Waals surface area (Å²) < 4.78 is 42.3. The van der Waals surface area contributed by atoms with Gasteiger partial charge in [-0.1, -0.05) is 13.8 Å². The van der Waals surface area contributed by atoms with Crippen molar-refractivity contribution in [2.75, 3.05) is 11.4 Å². The summed E-state index contributed by atoms with van der Waals surface area (Å²) in [6.07, 6.45) is 2.40. The molecular formula is C22H23F3N4O. The summed E-state index contributed by atoms with van der Waals surface area (Å²) >= 11 is 0. The number of nitriles is 1. The highest BCUT2D eigenvalue weighted by atomic mass is 19.4. The van der Waals surface area contributed by atoms with E-state index in [1.165, 1.54) is 6.07 Å². The van der Waals surface area contributed by atoms with Crippen LogP contribution in [0.25, 0.3) is 5.70 Å². The molecule has 0 bridgehead atoms. The number of imidazole rings is 1. The second-order valence-corrected chi connectivity index (χ2v) is 7.86. The van der Waals surface area contributed by atoms with Crippen LogP contribution in [-0.4, -0.2) is 28.4 Å². The number of benzene rings is 1. The minimum absolute atomic E-state index is 0.155. The molecule has 5 nitrogen and oxygen atoms in total. The minimum atomic E-state index is -4.62. The van der Waals surface area contributed by atoms with E-state index in [9.17, 15) is 18.0 Å². The summed E-state index contributed by atoms with van der Waals surface area (Å²) in [5.74, 6) is 0. The number of aromatic nitrogens is 2. The highest BCUT2D eigenvalue weighted by molar-refractivity contribution is 5.85. The molecule has 1 aromatic heterocycles. The zero-order valence-electron chi connectivity index (χ0n) is 17.1. The van der Waals surface area contributed by atoms with Crippen LogP contribution >= 0.6 is 0 Å². The first kappa shape index (κ1) is 21.6. The number of hydrogen-bond acceptors (Lipinski definition) is 4. The molecule has 0 radical (unpaired) electrons. The average molecular weight is 416 g/mol. The number of alkyl halides is 3. The molecule has 3 rings (SSSR count). The molecule has 0 saturated carbocycles. The maximum absolute atomic E-state index is 13.5. The first-order chi connectivity index (χ1) is 14.1. The van der Waals surface area contributed by atoms with Crippen molar-refractivity contribution in [2.24, 2.45) is 5.41 Å². The Bertz CT molecular complexity index is 1000. The molecule has 1 aliphatic carbocycles. The lowest BCUT2D eigenvalue weighted by Gasteiger charge is -2.47. The van der Waals surface area contributed by atoms with Crippen molar-refractivity contribution in [3.63, 3.8) is 0 Å². The maximum Gasteiger partial charge on any atom is 0.417 e. The van der Waals surface area contributed by atoms with Gasteiger partial charge in [-0.15, -0.1) is 0 Å². The molecule has 0 fully saturated rings. The van der Waals surface area contributed by atoms with Crippen LogP contribution in [0.15, 0.2) is 42.5 Å². The zero-order valence-corrected chi connectivity index (χ0v) is 17.1. The van der Waals surface area contributed by atoms with E-state index in [1.807, 2.05) is 30.2 Å². The molecule has 1 aliphatic rings. The van der Waals surface area contributed by atoms with Crippen LogP contribution in [0, 0.1) is 16.7 Å². The first-order valence-electron chi connectivity index (χ1n) is 9.70. The van der Waals surface area contributed by atoms with Gasteiger partial charge in [-0.25, -0.2) is 4.98 Å². The Hall–Kier alpha value is -3.08. The molecule has 1 heterocycles. The third-order valence-electron chi connectivity index (χ3n) is 5.82. The van der Waals surface area contributed by atoms with Crippen molar-refractivity contribution in [3.05, 3.63) is 53.6 Å². The average Bonchev–Trinajstić information content (AvgIpc) is 3.22. The Labute approximate surface area is 173 Å². The van der Waals surface area contributed by atoms with Crippen LogP contribution in [0.5, 0.6) is 0 Å². The summed E-state index contributed by atoms with van der Waals surface area (Å²) in [7, 11) is 0. The monoisotopic (exact) mass is 416 g/mol. The molecule has 158 valence electrons. The summed E-state index contributed by atoms with van der Waals surface area (Å²) in [6, 6.07) is 5.30. The quantitative estimate of drug-likeness (QED) is 0.651. The molecule has 0 spiro atoms. The molecule has 8 heteroatoms. The van der Waals surface area contributed by atoms with Crippen LogP contribution in [0.2, 0.25) is 0 Å². The van der Waals surface area contributed by atoms with E-state index >= 15 is 0 Å². The van der Waals surface area contributed by atoms with E-state index in [0.29, 0.717) is 30.6 Å². The SMILES string of the molecule is CCN(c1ccc(C#N)c(C(F)(F)F)c1)C1CCC(C=O)=C(n2ccnc2)C1(C)C. The lowest BCUT2D eigenvalue weighted by molar-refractivity contribution is -0.137. The lowest BCUT2D eigenvalue weighted by Crippen LogP contribution is -2.49. The van der Waals surface area contributed by atoms with Gasteiger partial charge in [0.05, 0.1) is 23.5 Å². The van der Waals surface area contributed by atoms with Crippen LogP contribution < -0.4 is 4.90 Å². The predicted molar refractivity (Wildman–Crippen MR) is 107 cm³/mol. The number of hydrogen-bond donors (Lipinski definition) is 0. The van der Waals surface area contributed by atoms with E-state index in [4.69, 9.17) is 5.26 Å². The largest absolute Gasteiger partial charge is 0.417 e. The summed E-state index contributed by atoms with van der Waals surface area (Å²) in [5, 5.41) is 9.09. The van der Waals surface area contributed by atoms with Gasteiger partial charge in [-0.05, 0) is 38.0 Å². The molecule has 1 aromatic carbocycles. The van der Waals surface area contributed by atoms with Crippen molar-refractivity contribution in [3.8, 4) is 6.07 Å². The van der Waals surface area contributed by atoms with Gasteiger partial charge in [-0.2, -0.15) is 18.4 Å². The van der Waals surface area contributed by atoms with Gasteiger partial charge in [0.25, 0.3) is 0 Å². The van der Waals surface area contributed by atoms with E-state index in [2.05, 4.69) is 4.98 Å². The van der Waals surface area contributed by atoms with Crippen LogP contribution in [0.3, 0.4) is 0 Å². The van der Waals surface area contributed by atoms with Gasteiger partial charge >= 0.3 is 6.18 Å². The highest BCUT2D eigenvalue weighted by Crippen LogP contribution is 2.46. The van der Waals surface area contributed by atoms with E-state index in [-0.39, 0.29) is 6.04 Å². The number of carbonyl (C=O) groups excluding carboxylic acids is 1. The second-order valence-electron chi connectivity index (χ2n) is 7.86. The Morgan fingerprint density at radius 3 is 2.67 bits per heavy atom. The Kier molecular flexibility index (Phi) is 5.75. The molecule has 2 aromatic rings. The minimum Gasteiger partial charge on any atom is -0.368 e. The summed E-state index contributed by atoms with van der Waals surface area (Å²) in [6.45, 7) is 6.35. The summed E-state index contributed by atoms with van der Waals surface area (Å²) in [4.78, 5) is 17.7. The molecule has 0 N–H and O–H groups in total. The fourth-order valence-corrected chi connectivity index (χ4v) is 4.52. The van der Waals surface area contributed by atoms with Crippen LogP contribution in [-0.2, 0) is 11.0 Å². The highest BCUT2D eigenvalue weighted by Gasteiger charge is 2.43. The van der Waals surface area contributed by atoms with Crippen LogP contribution in [0.1, 0.15) is 44.7 Å². The molecular weight excluding hydrogens is 393 g/mol. The number of rotatable bonds is 5. The molecule has 1 unspecified atom stereocenters. The van der Waals surface area contributed by atoms with E-state index in [0.717, 1.165) is 18.0 Å². The number of aldehydes is 1. The van der Waals surface area contributed by atoms with Gasteiger partial charge in [0.2, 0.25) is 0 Å². The zero-order chi connectivity index (χ0) is 22.1. The number of carbonyl (C=O) groups is 1. The smallest absolute Gasteiger partial charge is 0.368 e. The Morgan fingerprint density at radius 2 is 2.13 bits per heavy atom. The van der Waals surface area contributed by atoms with Gasteiger partial charge < -0.3 is 9.47 Å². The standard InChI is InChI=1S/C22H23F3N4O/c1-4-29(17-7-5-15(12-26)18(11-17)22(23,24)25)19-8-6-16(13-30)20(21(19,2)3)28-10-9-27-14-28/h5,7,9-11,13-14,19H,4,6,8H2,1-3H3. The van der Waals surface area contributed by atoms with Gasteiger partial charge in [0.15, 0.2) is 0 Å². The molecule has 0 aliphatic heterocycles. The Balaban J connectivity index is 2.09. The number of allylic oxidation sites excluding steroid dienone is 1. The Morgan fingerprint density at radius 1 is 1.40 bits per heavy atom. The van der Waals surface area contributed by atoms with Crippen molar-refractivity contribution >= 4 is 17.7 Å². The first-order valence-corrected chi connectivity index (χ1v) is 9.70. The third kappa shape index (κ3) is 3.72. The van der Waals surface area contributed by atoms with Crippen LogP contribution in [0.4, 0.5) is 18.9 Å². The third-order valence-corrected chi connectivity index (χ3v) is 5.82. The van der Waals surface area contributed by atoms with Crippen molar-refractivity contribution in [2.45, 2.75) is 45.8 Å². The molecule has 0 amide bonds. The summed E-state index contributed by atoms with van der Waals surface area (Å²) in [5.41, 5.74) is -0.00442. The number of nitrogens with zero attached hydrogens (tertiary/aromatic N) is 4. The molecule has 30 heavy (non-hydrogen) atoms. The second kappa shape index (κ2) is 7.98. The van der Waals surface area contributed by atoms with Gasteiger partial charge in [-0.3, -0.25) is 4.79 Å². The molecule has 1 atom stereocenters. The van der Waals surface area contributed by atoms with E-state index in [1.54, 1.807) is 30.9 Å². The fraction of sp³-hybridized carbons (Fsp3) is 0.409. The maximum atomic E-state index is 13.5. The molecule has 0 saturated heterocycles. The van der Waals surface area contributed by atoms with E-state index < -0.39 is 22.7 Å². The van der Waals surface area contributed by atoms with Gasteiger partial charge in [0, 0.05) is 47.4 Å². The topological polar surface area (TPSA) is 61.9 Å². The van der Waals surface area contributed by atoms with Crippen molar-refractivity contribution in [1.82, 2.24) is 9.55 Å². The van der Waals surface area contributed by atoms with Crippen molar-refractivity contribution < 1.29 is 18.0 Å². The predicted octanol–water partition coefficient (Wildman–Crippen LogP) is 4.90. The number of anilines is 1. The fourth-order valence-electron chi connectivity index (χ4n) is 4.52. The number of halogens is 3. The van der Waals surface area contributed by atoms with Crippen molar-refractivity contribution in [1.29, 1.82) is 5.26 Å². The normalized spacial score (nSPS) is 18.8. The lowest BCUT2D eigenvalue weighted by atomic mass is 9.71.